The van der Waals surface area contributed by atoms with Gasteiger partial charge in [-0.3, -0.25) is 0 Å². The molecule has 1 aromatic rings. The molecule has 0 aromatic heterocycles. The van der Waals surface area contributed by atoms with E-state index in [1.165, 1.54) is 43.2 Å². The number of ether oxygens (including phenoxy) is 1. The smallest absolute Gasteiger partial charge is 0.0713 e. The molecule has 2 rings (SSSR count). The molecule has 0 amide bonds. The van der Waals surface area contributed by atoms with Crippen LogP contribution in [0.15, 0.2) is 36.4 Å². The minimum Gasteiger partial charge on any atom is -0.380 e. The first kappa shape index (κ1) is 14.3. The summed E-state index contributed by atoms with van der Waals surface area (Å²) in [4.78, 5) is 0. The third-order valence-corrected chi connectivity index (χ3v) is 4.31. The highest BCUT2D eigenvalue weighted by atomic mass is 16.5. The topological polar surface area (TPSA) is 9.23 Å². The molecule has 0 radical (unpaired) electrons. The Morgan fingerprint density at radius 3 is 2.37 bits per heavy atom. The SMILES string of the molecule is CC=CC[C@H]1CC[C@H](c2ccc(COC)cc2)CC1. The lowest BCUT2D eigenvalue weighted by Crippen LogP contribution is -2.12. The fraction of sp³-hybridized carbons (Fsp3) is 0.556. The zero-order chi connectivity index (χ0) is 13.5. The fourth-order valence-electron chi connectivity index (χ4n) is 3.11. The molecule has 0 spiro atoms. The van der Waals surface area contributed by atoms with Gasteiger partial charge in [0, 0.05) is 7.11 Å². The molecule has 1 saturated carbocycles. The first-order chi connectivity index (χ1) is 9.33. The lowest BCUT2D eigenvalue weighted by atomic mass is 9.77. The van der Waals surface area contributed by atoms with E-state index in [0.29, 0.717) is 0 Å². The van der Waals surface area contributed by atoms with Crippen LogP contribution in [-0.2, 0) is 11.3 Å². The summed E-state index contributed by atoms with van der Waals surface area (Å²) in [6.07, 6.45) is 11.3. The van der Waals surface area contributed by atoms with Gasteiger partial charge in [0.15, 0.2) is 0 Å². The van der Waals surface area contributed by atoms with Crippen molar-refractivity contribution < 1.29 is 4.74 Å². The number of hydrogen-bond acceptors (Lipinski definition) is 1. The molecule has 1 fully saturated rings. The van der Waals surface area contributed by atoms with Gasteiger partial charge >= 0.3 is 0 Å². The number of benzene rings is 1. The van der Waals surface area contributed by atoms with Crippen LogP contribution < -0.4 is 0 Å². The van der Waals surface area contributed by atoms with E-state index in [2.05, 4.69) is 43.3 Å². The van der Waals surface area contributed by atoms with Crippen molar-refractivity contribution in [2.45, 2.75) is 51.6 Å². The molecule has 0 heterocycles. The van der Waals surface area contributed by atoms with Crippen LogP contribution in [0.1, 0.15) is 56.1 Å². The Hall–Kier alpha value is -1.08. The first-order valence-electron chi connectivity index (χ1n) is 7.52. The summed E-state index contributed by atoms with van der Waals surface area (Å²) >= 11 is 0. The zero-order valence-electron chi connectivity index (χ0n) is 12.3. The first-order valence-corrected chi connectivity index (χ1v) is 7.52. The van der Waals surface area contributed by atoms with Gasteiger partial charge in [-0.1, -0.05) is 36.4 Å². The van der Waals surface area contributed by atoms with Crippen LogP contribution in [0.4, 0.5) is 0 Å². The Morgan fingerprint density at radius 2 is 1.79 bits per heavy atom. The minimum absolute atomic E-state index is 0.719. The van der Waals surface area contributed by atoms with Crippen molar-refractivity contribution in [2.24, 2.45) is 5.92 Å². The van der Waals surface area contributed by atoms with Crippen molar-refractivity contribution in [1.82, 2.24) is 0 Å². The highest BCUT2D eigenvalue weighted by molar-refractivity contribution is 5.25. The molecule has 0 saturated heterocycles. The van der Waals surface area contributed by atoms with E-state index < -0.39 is 0 Å². The van der Waals surface area contributed by atoms with Crippen molar-refractivity contribution in [3.8, 4) is 0 Å². The largest absolute Gasteiger partial charge is 0.380 e. The highest BCUT2D eigenvalue weighted by Gasteiger charge is 2.21. The molecule has 0 N–H and O–H groups in total. The zero-order valence-corrected chi connectivity index (χ0v) is 12.3. The second-order valence-electron chi connectivity index (χ2n) is 5.70. The molecule has 1 aliphatic rings. The maximum Gasteiger partial charge on any atom is 0.0713 e. The second kappa shape index (κ2) is 7.49. The molecule has 19 heavy (non-hydrogen) atoms. The van der Waals surface area contributed by atoms with Gasteiger partial charge in [0.05, 0.1) is 6.61 Å². The summed E-state index contributed by atoms with van der Waals surface area (Å²) in [6.45, 7) is 2.84. The van der Waals surface area contributed by atoms with Gasteiger partial charge < -0.3 is 4.74 Å². The fourth-order valence-corrected chi connectivity index (χ4v) is 3.11. The molecule has 1 aliphatic carbocycles. The molecule has 1 aromatic carbocycles. The molecule has 1 heteroatoms. The number of rotatable bonds is 5. The number of methoxy groups -OCH3 is 1. The molecule has 104 valence electrons. The summed E-state index contributed by atoms with van der Waals surface area (Å²) in [6, 6.07) is 9.02. The molecule has 0 unspecified atom stereocenters. The van der Waals surface area contributed by atoms with Crippen LogP contribution in [0.3, 0.4) is 0 Å². The van der Waals surface area contributed by atoms with Gasteiger partial charge in [0.1, 0.15) is 0 Å². The van der Waals surface area contributed by atoms with E-state index in [9.17, 15) is 0 Å². The Bertz CT molecular complexity index is 383. The van der Waals surface area contributed by atoms with E-state index in [4.69, 9.17) is 4.74 Å². The number of hydrogen-bond donors (Lipinski definition) is 0. The Balaban J connectivity index is 1.86. The normalized spacial score (nSPS) is 23.9. The average Bonchev–Trinajstić information content (AvgIpc) is 2.47. The Kier molecular flexibility index (Phi) is 5.65. The van der Waals surface area contributed by atoms with Crippen LogP contribution >= 0.6 is 0 Å². The average molecular weight is 258 g/mol. The predicted octanol–water partition coefficient (Wildman–Crippen LogP) is 5.07. The van der Waals surface area contributed by atoms with E-state index in [-0.39, 0.29) is 0 Å². The highest BCUT2D eigenvalue weighted by Crippen LogP contribution is 2.37. The Morgan fingerprint density at radius 1 is 1.11 bits per heavy atom. The minimum atomic E-state index is 0.719. The molecule has 0 bridgehead atoms. The lowest BCUT2D eigenvalue weighted by molar-refractivity contribution is 0.185. The van der Waals surface area contributed by atoms with Crippen LogP contribution in [0.2, 0.25) is 0 Å². The van der Waals surface area contributed by atoms with Crippen LogP contribution in [0.5, 0.6) is 0 Å². The maximum absolute atomic E-state index is 5.16. The molecular weight excluding hydrogens is 232 g/mol. The van der Waals surface area contributed by atoms with Gasteiger partial charge in [-0.25, -0.2) is 0 Å². The van der Waals surface area contributed by atoms with Crippen molar-refractivity contribution in [1.29, 1.82) is 0 Å². The maximum atomic E-state index is 5.16. The van der Waals surface area contributed by atoms with E-state index >= 15 is 0 Å². The molecule has 0 aliphatic heterocycles. The lowest BCUT2D eigenvalue weighted by Gasteiger charge is -2.28. The summed E-state index contributed by atoms with van der Waals surface area (Å²) < 4.78 is 5.16. The van der Waals surface area contributed by atoms with Crippen LogP contribution in [-0.4, -0.2) is 7.11 Å². The standard InChI is InChI=1S/C18H26O/c1-3-4-5-15-6-10-17(11-7-15)18-12-8-16(9-13-18)14-19-2/h3-4,8-9,12-13,15,17H,5-7,10-11,14H2,1-2H3/t15-,17-. The van der Waals surface area contributed by atoms with Crippen LogP contribution in [0.25, 0.3) is 0 Å². The van der Waals surface area contributed by atoms with Gasteiger partial charge in [-0.05, 0) is 62.0 Å². The predicted molar refractivity (Wildman–Crippen MR) is 81.3 cm³/mol. The van der Waals surface area contributed by atoms with Gasteiger partial charge in [0.25, 0.3) is 0 Å². The molecule has 0 atom stereocenters. The summed E-state index contributed by atoms with van der Waals surface area (Å²) in [5.41, 5.74) is 2.79. The summed E-state index contributed by atoms with van der Waals surface area (Å²) in [7, 11) is 1.75. The van der Waals surface area contributed by atoms with Crippen LogP contribution in [0, 0.1) is 5.92 Å². The van der Waals surface area contributed by atoms with Gasteiger partial charge in [-0.2, -0.15) is 0 Å². The Labute approximate surface area is 117 Å². The van der Waals surface area contributed by atoms with E-state index in [1.807, 2.05) is 0 Å². The molecule has 1 nitrogen and oxygen atoms in total. The van der Waals surface area contributed by atoms with Crippen molar-refractivity contribution >= 4 is 0 Å². The van der Waals surface area contributed by atoms with Crippen molar-refractivity contribution in [3.63, 3.8) is 0 Å². The van der Waals surface area contributed by atoms with E-state index in [1.54, 1.807) is 7.11 Å². The summed E-state index contributed by atoms with van der Waals surface area (Å²) in [5.74, 6) is 1.69. The monoisotopic (exact) mass is 258 g/mol. The van der Waals surface area contributed by atoms with Gasteiger partial charge in [0.2, 0.25) is 0 Å². The second-order valence-corrected chi connectivity index (χ2v) is 5.70. The van der Waals surface area contributed by atoms with E-state index in [0.717, 1.165) is 18.4 Å². The third-order valence-electron chi connectivity index (χ3n) is 4.31. The van der Waals surface area contributed by atoms with Crippen molar-refractivity contribution in [3.05, 3.63) is 47.5 Å². The molecular formula is C18H26O. The van der Waals surface area contributed by atoms with Gasteiger partial charge in [-0.15, -0.1) is 0 Å². The van der Waals surface area contributed by atoms with Crippen molar-refractivity contribution in [2.75, 3.05) is 7.11 Å². The summed E-state index contributed by atoms with van der Waals surface area (Å²) in [5, 5.41) is 0. The quantitative estimate of drug-likeness (QED) is 0.670. The number of allylic oxidation sites excluding steroid dienone is 2. The third kappa shape index (κ3) is 4.21.